The largest absolute Gasteiger partial charge is 0.496 e. The molecule has 0 radical (unpaired) electrons. The Morgan fingerprint density at radius 2 is 1.86 bits per heavy atom. The predicted octanol–water partition coefficient (Wildman–Crippen LogP) is 5.46. The minimum atomic E-state index is -4.87. The molecule has 0 atom stereocenters. The highest BCUT2D eigenvalue weighted by molar-refractivity contribution is 8.00. The summed E-state index contributed by atoms with van der Waals surface area (Å²) < 4.78 is 62.9. The number of ether oxygens (including phenoxy) is 1. The number of carboxylic acid groups (broad SMARTS) is 1. The summed E-state index contributed by atoms with van der Waals surface area (Å²) in [4.78, 5) is 11.5. The van der Waals surface area contributed by atoms with E-state index in [0.29, 0.717) is 16.7 Å². The lowest BCUT2D eigenvalue weighted by Crippen LogP contribution is -2.10. The normalized spacial score (nSPS) is 11.3. The predicted molar refractivity (Wildman–Crippen MR) is 100 cm³/mol. The van der Waals surface area contributed by atoms with Gasteiger partial charge in [-0.2, -0.15) is 13.2 Å². The Labute approximate surface area is 167 Å². The van der Waals surface area contributed by atoms with Crippen molar-refractivity contribution in [3.63, 3.8) is 0 Å². The van der Waals surface area contributed by atoms with Crippen LogP contribution in [0.4, 0.5) is 23.2 Å². The van der Waals surface area contributed by atoms with Crippen LogP contribution in [0.15, 0.2) is 59.8 Å². The number of nitrogens with zero attached hydrogens (tertiary/aromatic N) is 1. The number of benzene rings is 2. The number of hydrogen-bond acceptors (Lipinski definition) is 4. The molecule has 0 saturated carbocycles. The molecule has 1 aromatic heterocycles. The molecule has 10 heteroatoms. The SMILES string of the molecule is COc1ccc(C(=O)O)cc1SNc1cc(C(F)(F)F)c(F)cc1-n1cccc1. The van der Waals surface area contributed by atoms with Crippen molar-refractivity contribution in [1.82, 2.24) is 4.57 Å². The summed E-state index contributed by atoms with van der Waals surface area (Å²) in [6.07, 6.45) is -1.76. The Morgan fingerprint density at radius 1 is 1.17 bits per heavy atom. The van der Waals surface area contributed by atoms with Gasteiger partial charge in [0.1, 0.15) is 11.6 Å². The van der Waals surface area contributed by atoms with Crippen molar-refractivity contribution in [1.29, 1.82) is 0 Å². The highest BCUT2D eigenvalue weighted by atomic mass is 32.2. The smallest absolute Gasteiger partial charge is 0.419 e. The molecule has 152 valence electrons. The summed E-state index contributed by atoms with van der Waals surface area (Å²) in [5, 5.41) is 9.14. The standard InChI is InChI=1S/C19H14F4N2O3S/c1-28-16-5-4-11(18(26)27)8-17(16)29-24-14-9-12(19(21,22)23)13(20)10-15(14)25-6-2-3-7-25/h2-10,24H,1H3,(H,26,27). The van der Waals surface area contributed by atoms with Gasteiger partial charge in [0.15, 0.2) is 0 Å². The van der Waals surface area contributed by atoms with Gasteiger partial charge in [0.2, 0.25) is 0 Å². The third kappa shape index (κ3) is 4.48. The number of carbonyl (C=O) groups is 1. The molecular formula is C19H14F4N2O3S. The van der Waals surface area contributed by atoms with Crippen molar-refractivity contribution in [2.45, 2.75) is 11.1 Å². The minimum absolute atomic E-state index is 0.0114. The van der Waals surface area contributed by atoms with E-state index in [0.717, 1.165) is 18.0 Å². The van der Waals surface area contributed by atoms with Gasteiger partial charge in [0.05, 0.1) is 34.5 Å². The van der Waals surface area contributed by atoms with Crippen molar-refractivity contribution in [3.8, 4) is 11.4 Å². The second kappa shape index (κ2) is 8.08. The molecule has 0 spiro atoms. The first-order valence-electron chi connectivity index (χ1n) is 8.09. The first kappa shape index (κ1) is 20.6. The van der Waals surface area contributed by atoms with Crippen LogP contribution < -0.4 is 9.46 Å². The molecule has 0 fully saturated rings. The molecule has 0 unspecified atom stereocenters. The van der Waals surface area contributed by atoms with Crippen LogP contribution in [0, 0.1) is 5.82 Å². The van der Waals surface area contributed by atoms with Gasteiger partial charge in [-0.3, -0.25) is 0 Å². The number of methoxy groups -OCH3 is 1. The summed E-state index contributed by atoms with van der Waals surface area (Å²) in [6, 6.07) is 8.85. The molecule has 0 saturated heterocycles. The number of aromatic nitrogens is 1. The maximum absolute atomic E-state index is 14.1. The first-order valence-corrected chi connectivity index (χ1v) is 8.90. The van der Waals surface area contributed by atoms with E-state index < -0.39 is 23.5 Å². The molecule has 3 aromatic rings. The van der Waals surface area contributed by atoms with Crippen LogP contribution >= 0.6 is 11.9 Å². The number of aromatic carboxylic acids is 1. The number of alkyl halides is 3. The molecule has 0 bridgehead atoms. The molecule has 2 N–H and O–H groups in total. The summed E-state index contributed by atoms with van der Waals surface area (Å²) in [5.41, 5.74) is -1.29. The van der Waals surface area contributed by atoms with Crippen LogP contribution in [-0.4, -0.2) is 22.8 Å². The van der Waals surface area contributed by atoms with Crippen LogP contribution in [0.3, 0.4) is 0 Å². The van der Waals surface area contributed by atoms with Gasteiger partial charge in [-0.25, -0.2) is 9.18 Å². The van der Waals surface area contributed by atoms with Crippen molar-refractivity contribution in [3.05, 3.63) is 71.8 Å². The molecule has 0 amide bonds. The maximum Gasteiger partial charge on any atom is 0.419 e. The zero-order valence-corrected chi connectivity index (χ0v) is 15.6. The average Bonchev–Trinajstić information content (AvgIpc) is 3.20. The number of carboxylic acids is 1. The third-order valence-corrected chi connectivity index (χ3v) is 4.82. The fraction of sp³-hybridized carbons (Fsp3) is 0.105. The Morgan fingerprint density at radius 3 is 2.45 bits per heavy atom. The lowest BCUT2D eigenvalue weighted by Gasteiger charge is -2.17. The Balaban J connectivity index is 2.02. The lowest BCUT2D eigenvalue weighted by atomic mass is 10.1. The Kier molecular flexibility index (Phi) is 5.73. The van der Waals surface area contributed by atoms with E-state index in [9.17, 15) is 22.4 Å². The second-order valence-electron chi connectivity index (χ2n) is 5.81. The zero-order valence-electron chi connectivity index (χ0n) is 14.8. The second-order valence-corrected chi connectivity index (χ2v) is 6.66. The van der Waals surface area contributed by atoms with Gasteiger partial charge in [-0.1, -0.05) is 0 Å². The van der Waals surface area contributed by atoms with Crippen LogP contribution in [-0.2, 0) is 6.18 Å². The van der Waals surface area contributed by atoms with E-state index in [-0.39, 0.29) is 16.9 Å². The quantitative estimate of drug-likeness (QED) is 0.405. The molecule has 5 nitrogen and oxygen atoms in total. The van der Waals surface area contributed by atoms with E-state index in [1.54, 1.807) is 24.5 Å². The fourth-order valence-corrected chi connectivity index (χ4v) is 3.39. The van der Waals surface area contributed by atoms with Crippen molar-refractivity contribution >= 4 is 23.6 Å². The molecule has 2 aromatic carbocycles. The molecule has 0 aliphatic heterocycles. The van der Waals surface area contributed by atoms with E-state index in [1.165, 1.54) is 29.9 Å². The molecule has 3 rings (SSSR count). The van der Waals surface area contributed by atoms with Gasteiger partial charge >= 0.3 is 12.1 Å². The van der Waals surface area contributed by atoms with Crippen molar-refractivity contribution in [2.75, 3.05) is 11.8 Å². The minimum Gasteiger partial charge on any atom is -0.496 e. The molecule has 0 aliphatic rings. The van der Waals surface area contributed by atoms with Gasteiger partial charge in [-0.15, -0.1) is 0 Å². The highest BCUT2D eigenvalue weighted by Gasteiger charge is 2.35. The zero-order chi connectivity index (χ0) is 21.2. The van der Waals surface area contributed by atoms with Gasteiger partial charge < -0.3 is 19.1 Å². The number of anilines is 1. The van der Waals surface area contributed by atoms with Gasteiger partial charge in [0.25, 0.3) is 0 Å². The number of halogens is 4. The van der Waals surface area contributed by atoms with E-state index >= 15 is 0 Å². The van der Waals surface area contributed by atoms with Crippen LogP contribution in [0.5, 0.6) is 5.75 Å². The molecule has 29 heavy (non-hydrogen) atoms. The Bertz CT molecular complexity index is 1040. The van der Waals surface area contributed by atoms with Gasteiger partial charge in [-0.05, 0) is 48.3 Å². The summed E-state index contributed by atoms with van der Waals surface area (Å²) in [7, 11) is 1.38. The first-order chi connectivity index (χ1) is 13.7. The lowest BCUT2D eigenvalue weighted by molar-refractivity contribution is -0.139. The maximum atomic E-state index is 14.1. The summed E-state index contributed by atoms with van der Waals surface area (Å²) >= 11 is 0.851. The topological polar surface area (TPSA) is 63.5 Å². The summed E-state index contributed by atoms with van der Waals surface area (Å²) in [6.45, 7) is 0. The Hall–Kier alpha value is -3.14. The molecule has 1 heterocycles. The average molecular weight is 426 g/mol. The monoisotopic (exact) mass is 426 g/mol. The molecule has 0 aliphatic carbocycles. The van der Waals surface area contributed by atoms with Crippen molar-refractivity contribution in [2.24, 2.45) is 0 Å². The summed E-state index contributed by atoms with van der Waals surface area (Å²) in [5.74, 6) is -2.24. The highest BCUT2D eigenvalue weighted by Crippen LogP contribution is 2.38. The molecular weight excluding hydrogens is 412 g/mol. The van der Waals surface area contributed by atoms with Crippen molar-refractivity contribution < 1.29 is 32.2 Å². The number of rotatable bonds is 6. The number of hydrogen-bond donors (Lipinski definition) is 2. The van der Waals surface area contributed by atoms with Crippen LogP contribution in [0.25, 0.3) is 5.69 Å². The third-order valence-electron chi connectivity index (χ3n) is 3.95. The van der Waals surface area contributed by atoms with E-state index in [4.69, 9.17) is 9.84 Å². The van der Waals surface area contributed by atoms with Crippen LogP contribution in [0.1, 0.15) is 15.9 Å². The van der Waals surface area contributed by atoms with E-state index in [2.05, 4.69) is 4.72 Å². The number of nitrogens with one attached hydrogen (secondary N) is 1. The fourth-order valence-electron chi connectivity index (χ4n) is 2.57. The van der Waals surface area contributed by atoms with Crippen LogP contribution in [0.2, 0.25) is 0 Å². The van der Waals surface area contributed by atoms with E-state index in [1.807, 2.05) is 0 Å². The van der Waals surface area contributed by atoms with Gasteiger partial charge in [0, 0.05) is 18.5 Å².